The molecule has 1 aliphatic rings. The number of aryl methyl sites for hydroxylation is 1. The quantitative estimate of drug-likeness (QED) is 0.165. The van der Waals surface area contributed by atoms with Crippen LogP contribution in [-0.4, -0.2) is 17.8 Å². The fraction of sp³-hybridized carbons (Fsp3) is 0.0800. The molecule has 0 atom stereocenters. The number of rotatable bonds is 5. The molecule has 1 aliphatic heterocycles. The van der Waals surface area contributed by atoms with Gasteiger partial charge in [-0.2, -0.15) is 0 Å². The van der Waals surface area contributed by atoms with E-state index in [0.29, 0.717) is 31.5 Å². The molecule has 6 nitrogen and oxygen atoms in total. The summed E-state index contributed by atoms with van der Waals surface area (Å²) in [6.45, 7) is 2.06. The van der Waals surface area contributed by atoms with Crippen molar-refractivity contribution in [1.82, 2.24) is 5.32 Å². The lowest BCUT2D eigenvalue weighted by Crippen LogP contribution is -2.54. The van der Waals surface area contributed by atoms with Crippen molar-refractivity contribution in [3.8, 4) is 5.75 Å². The van der Waals surface area contributed by atoms with E-state index in [2.05, 4.69) is 59.8 Å². The Balaban J connectivity index is 1.61. The average Bonchev–Trinajstić information content (AvgIpc) is 2.79. The van der Waals surface area contributed by atoms with Crippen molar-refractivity contribution >= 4 is 107 Å². The summed E-state index contributed by atoms with van der Waals surface area (Å²) in [5, 5.41) is 3.27. The summed E-state index contributed by atoms with van der Waals surface area (Å²) in [6, 6.07) is 12.9. The number of urea groups is 1. The second-order valence-electron chi connectivity index (χ2n) is 7.73. The number of carbonyl (C=O) groups excluding carboxylic acids is 3. The molecule has 11 heteroatoms. The molecule has 4 rings (SSSR count). The van der Waals surface area contributed by atoms with Gasteiger partial charge in [-0.05, 0) is 105 Å². The minimum absolute atomic E-state index is 0.167. The molecule has 1 fully saturated rings. The molecular weight excluding hydrogens is 750 g/mol. The van der Waals surface area contributed by atoms with Gasteiger partial charge in [0.1, 0.15) is 17.9 Å². The van der Waals surface area contributed by atoms with Crippen LogP contribution in [0.5, 0.6) is 5.75 Å². The second-order valence-corrected chi connectivity index (χ2v) is 11.4. The molecule has 36 heavy (non-hydrogen) atoms. The minimum Gasteiger partial charge on any atom is -0.487 e. The highest BCUT2D eigenvalue weighted by Gasteiger charge is 2.37. The predicted molar refractivity (Wildman–Crippen MR) is 156 cm³/mol. The maximum absolute atomic E-state index is 13.2. The number of imide groups is 2. The topological polar surface area (TPSA) is 75.7 Å². The zero-order chi connectivity index (χ0) is 26.1. The van der Waals surface area contributed by atoms with Gasteiger partial charge in [-0.15, -0.1) is 0 Å². The molecule has 0 bridgehead atoms. The van der Waals surface area contributed by atoms with Gasteiger partial charge < -0.3 is 4.74 Å². The molecular formula is C25H15Br2Cl2IN2O4. The third-order valence-corrected chi connectivity index (χ3v) is 8.09. The Hall–Kier alpha value is -1.92. The number of ether oxygens (including phenoxy) is 1. The largest absolute Gasteiger partial charge is 0.487 e. The first-order valence-corrected chi connectivity index (χ1v) is 13.7. The highest BCUT2D eigenvalue weighted by molar-refractivity contribution is 14.1. The number of nitrogens with zero attached hydrogens (tertiary/aromatic N) is 1. The minimum atomic E-state index is -0.802. The Morgan fingerprint density at radius 3 is 2.44 bits per heavy atom. The number of barbiturate groups is 1. The van der Waals surface area contributed by atoms with Gasteiger partial charge in [-0.1, -0.05) is 45.2 Å². The van der Waals surface area contributed by atoms with E-state index in [1.807, 2.05) is 6.92 Å². The Morgan fingerprint density at radius 2 is 1.78 bits per heavy atom. The van der Waals surface area contributed by atoms with E-state index in [-0.39, 0.29) is 12.2 Å². The third kappa shape index (κ3) is 5.80. The number of anilines is 1. The van der Waals surface area contributed by atoms with Crippen molar-refractivity contribution < 1.29 is 19.1 Å². The highest BCUT2D eigenvalue weighted by Crippen LogP contribution is 2.35. The molecule has 3 aromatic rings. The molecule has 4 amide bonds. The van der Waals surface area contributed by atoms with Crippen molar-refractivity contribution in [3.05, 3.63) is 93.4 Å². The normalized spacial score (nSPS) is 14.9. The predicted octanol–water partition coefficient (Wildman–Crippen LogP) is 7.68. The van der Waals surface area contributed by atoms with Gasteiger partial charge in [0.05, 0.1) is 13.7 Å². The van der Waals surface area contributed by atoms with Gasteiger partial charge >= 0.3 is 6.03 Å². The standard InChI is InChI=1S/C25H15Br2Cl2IN2O4/c1-12-6-16(4-5-18(12)26)32-24(34)17(23(33)31-25(32)35)7-13-8-19(27)22(21(30)9-13)36-11-14-2-3-15(28)10-20(14)29/h2-10H,11H2,1H3,(H,31,33,35)/b17-7+. The summed E-state index contributed by atoms with van der Waals surface area (Å²) in [4.78, 5) is 39.2. The Bertz CT molecular complexity index is 1440. The van der Waals surface area contributed by atoms with E-state index in [0.717, 1.165) is 24.1 Å². The van der Waals surface area contributed by atoms with Crippen LogP contribution in [-0.2, 0) is 16.2 Å². The maximum Gasteiger partial charge on any atom is 0.335 e. The van der Waals surface area contributed by atoms with Gasteiger partial charge in [-0.3, -0.25) is 14.9 Å². The van der Waals surface area contributed by atoms with Crippen LogP contribution in [0.3, 0.4) is 0 Å². The van der Waals surface area contributed by atoms with Crippen LogP contribution in [0.2, 0.25) is 10.0 Å². The number of benzene rings is 3. The van der Waals surface area contributed by atoms with Gasteiger partial charge in [0.25, 0.3) is 11.8 Å². The third-order valence-electron chi connectivity index (χ3n) is 5.22. The number of hydrogen-bond acceptors (Lipinski definition) is 4. The SMILES string of the molecule is Cc1cc(N2C(=O)NC(=O)/C(=C\c3cc(Br)c(OCc4ccc(Cl)cc4Cl)c(I)c3)C2=O)ccc1Br. The van der Waals surface area contributed by atoms with E-state index in [9.17, 15) is 14.4 Å². The van der Waals surface area contributed by atoms with Crippen molar-refractivity contribution in [2.45, 2.75) is 13.5 Å². The molecule has 3 aromatic carbocycles. The van der Waals surface area contributed by atoms with E-state index in [1.165, 1.54) is 6.08 Å². The van der Waals surface area contributed by atoms with Crippen molar-refractivity contribution in [2.75, 3.05) is 4.90 Å². The molecule has 1 N–H and O–H groups in total. The van der Waals surface area contributed by atoms with Crippen LogP contribution in [0.1, 0.15) is 16.7 Å². The molecule has 0 aromatic heterocycles. The summed E-state index contributed by atoms with van der Waals surface area (Å²) in [5.74, 6) is -0.904. The zero-order valence-corrected chi connectivity index (χ0v) is 25.2. The Kier molecular flexibility index (Phi) is 8.45. The highest BCUT2D eigenvalue weighted by atomic mass is 127. The summed E-state index contributed by atoms with van der Waals surface area (Å²) in [6.07, 6.45) is 1.44. The lowest BCUT2D eigenvalue weighted by molar-refractivity contribution is -0.122. The summed E-state index contributed by atoms with van der Waals surface area (Å²) in [7, 11) is 0. The number of halogens is 5. The zero-order valence-electron chi connectivity index (χ0n) is 18.4. The molecule has 0 spiro atoms. The fourth-order valence-corrected chi connectivity index (χ4v) is 5.89. The molecule has 1 heterocycles. The molecule has 0 unspecified atom stereocenters. The van der Waals surface area contributed by atoms with Crippen LogP contribution in [0.4, 0.5) is 10.5 Å². The summed E-state index contributed by atoms with van der Waals surface area (Å²) >= 11 is 21.2. The molecule has 0 aliphatic carbocycles. The van der Waals surface area contributed by atoms with Crippen LogP contribution >= 0.6 is 77.7 Å². The van der Waals surface area contributed by atoms with Crippen LogP contribution in [0.15, 0.2) is 63.0 Å². The van der Waals surface area contributed by atoms with Crippen molar-refractivity contribution in [3.63, 3.8) is 0 Å². The number of amides is 4. The van der Waals surface area contributed by atoms with Gasteiger partial charge in [0.15, 0.2) is 0 Å². The van der Waals surface area contributed by atoms with Gasteiger partial charge in [-0.25, -0.2) is 9.69 Å². The molecule has 0 radical (unpaired) electrons. The number of carbonyl (C=O) groups is 3. The van der Waals surface area contributed by atoms with Crippen molar-refractivity contribution in [2.24, 2.45) is 0 Å². The first-order chi connectivity index (χ1) is 17.0. The lowest BCUT2D eigenvalue weighted by Gasteiger charge is -2.26. The first-order valence-electron chi connectivity index (χ1n) is 10.3. The average molecular weight is 765 g/mol. The lowest BCUT2D eigenvalue weighted by atomic mass is 10.1. The molecule has 0 saturated carbocycles. The van der Waals surface area contributed by atoms with Crippen LogP contribution < -0.4 is 15.0 Å². The molecule has 184 valence electrons. The monoisotopic (exact) mass is 762 g/mol. The summed E-state index contributed by atoms with van der Waals surface area (Å²) in [5.41, 5.74) is 2.37. The van der Waals surface area contributed by atoms with Gasteiger partial charge in [0.2, 0.25) is 0 Å². The van der Waals surface area contributed by atoms with Gasteiger partial charge in [0, 0.05) is 20.1 Å². The number of nitrogens with one attached hydrogen (secondary N) is 1. The van der Waals surface area contributed by atoms with Crippen molar-refractivity contribution in [1.29, 1.82) is 0 Å². The second kappa shape index (κ2) is 11.2. The summed E-state index contributed by atoms with van der Waals surface area (Å²) < 4.78 is 8.15. The smallest absolute Gasteiger partial charge is 0.335 e. The fourth-order valence-electron chi connectivity index (χ4n) is 3.42. The van der Waals surface area contributed by atoms with Crippen LogP contribution in [0, 0.1) is 10.5 Å². The van der Waals surface area contributed by atoms with E-state index >= 15 is 0 Å². The molecule has 1 saturated heterocycles. The van der Waals surface area contributed by atoms with E-state index in [1.54, 1.807) is 48.5 Å². The van der Waals surface area contributed by atoms with E-state index < -0.39 is 17.8 Å². The maximum atomic E-state index is 13.2. The van der Waals surface area contributed by atoms with E-state index in [4.69, 9.17) is 27.9 Å². The first kappa shape index (κ1) is 27.1. The van der Waals surface area contributed by atoms with Crippen LogP contribution in [0.25, 0.3) is 6.08 Å². The number of hydrogen-bond donors (Lipinski definition) is 1. The Morgan fingerprint density at radius 1 is 1.03 bits per heavy atom. The Labute approximate surface area is 247 Å².